The molecule has 0 aliphatic carbocycles. The molecule has 0 fully saturated rings. The molecule has 4 heteroatoms. The highest BCUT2D eigenvalue weighted by molar-refractivity contribution is 5.80. The van der Waals surface area contributed by atoms with E-state index in [4.69, 9.17) is 9.84 Å². The van der Waals surface area contributed by atoms with E-state index in [1.807, 2.05) is 39.0 Å². The molecule has 0 saturated heterocycles. The Morgan fingerprint density at radius 2 is 2.15 bits per heavy atom. The van der Waals surface area contributed by atoms with Crippen LogP contribution in [0.15, 0.2) is 18.2 Å². The highest BCUT2D eigenvalue weighted by atomic mass is 16.5. The van der Waals surface area contributed by atoms with Crippen LogP contribution in [0.25, 0.3) is 0 Å². The molecule has 1 unspecified atom stereocenters. The lowest BCUT2D eigenvalue weighted by molar-refractivity contribution is -0.122. The van der Waals surface area contributed by atoms with E-state index < -0.39 is 0 Å². The summed E-state index contributed by atoms with van der Waals surface area (Å²) >= 11 is 0. The normalized spacial score (nSPS) is 13.7. The molecule has 0 bridgehead atoms. The number of aliphatic hydroxyl groups is 1. The number of benzene rings is 1. The number of methoxy groups -OCH3 is 1. The van der Waals surface area contributed by atoms with E-state index in [0.29, 0.717) is 6.42 Å². The smallest absolute Gasteiger partial charge is 0.224 e. The average molecular weight is 279 g/mol. The molecular formula is C16H25NO3. The second-order valence-electron chi connectivity index (χ2n) is 5.43. The SMILES string of the molecule is CCC(C)(CCO)NC(=O)Cc1cc(C)ccc1OC. The number of hydrogen-bond acceptors (Lipinski definition) is 3. The summed E-state index contributed by atoms with van der Waals surface area (Å²) in [5, 5.41) is 12.1. The van der Waals surface area contributed by atoms with E-state index >= 15 is 0 Å². The third-order valence-corrected chi connectivity index (χ3v) is 3.67. The molecule has 1 amide bonds. The minimum atomic E-state index is -0.358. The van der Waals surface area contributed by atoms with Gasteiger partial charge in [-0.1, -0.05) is 24.6 Å². The van der Waals surface area contributed by atoms with Crippen molar-refractivity contribution < 1.29 is 14.6 Å². The van der Waals surface area contributed by atoms with E-state index in [2.05, 4.69) is 5.32 Å². The number of carbonyl (C=O) groups is 1. The van der Waals surface area contributed by atoms with Crippen molar-refractivity contribution >= 4 is 5.91 Å². The third-order valence-electron chi connectivity index (χ3n) is 3.67. The minimum Gasteiger partial charge on any atom is -0.496 e. The summed E-state index contributed by atoms with van der Waals surface area (Å²) in [5.41, 5.74) is 1.62. The van der Waals surface area contributed by atoms with Crippen LogP contribution in [0.2, 0.25) is 0 Å². The Morgan fingerprint density at radius 1 is 1.45 bits per heavy atom. The first-order valence-electron chi connectivity index (χ1n) is 6.99. The van der Waals surface area contributed by atoms with Crippen LogP contribution >= 0.6 is 0 Å². The molecule has 0 radical (unpaired) electrons. The van der Waals surface area contributed by atoms with Gasteiger partial charge in [0.2, 0.25) is 5.91 Å². The molecule has 4 nitrogen and oxygen atoms in total. The summed E-state index contributed by atoms with van der Waals surface area (Å²) < 4.78 is 5.29. The number of carbonyl (C=O) groups excluding carboxylic acids is 1. The second-order valence-corrected chi connectivity index (χ2v) is 5.43. The minimum absolute atomic E-state index is 0.0494. The average Bonchev–Trinajstić information content (AvgIpc) is 2.39. The maximum atomic E-state index is 12.2. The molecule has 0 heterocycles. The van der Waals surface area contributed by atoms with Gasteiger partial charge in [0.15, 0.2) is 0 Å². The second kappa shape index (κ2) is 7.29. The van der Waals surface area contributed by atoms with Gasteiger partial charge in [-0.3, -0.25) is 4.79 Å². The van der Waals surface area contributed by atoms with E-state index in [1.165, 1.54) is 0 Å². The van der Waals surface area contributed by atoms with Gasteiger partial charge in [0, 0.05) is 17.7 Å². The molecule has 2 N–H and O–H groups in total. The van der Waals surface area contributed by atoms with Gasteiger partial charge in [-0.05, 0) is 32.8 Å². The number of aliphatic hydroxyl groups excluding tert-OH is 1. The van der Waals surface area contributed by atoms with E-state index in [-0.39, 0.29) is 24.5 Å². The standard InChI is InChI=1S/C16H25NO3/c1-5-16(3,8-9-18)17-15(19)11-13-10-12(2)6-7-14(13)20-4/h6-7,10,18H,5,8-9,11H2,1-4H3,(H,17,19). The van der Waals surface area contributed by atoms with Crippen LogP contribution in [0, 0.1) is 6.92 Å². The molecule has 20 heavy (non-hydrogen) atoms. The number of aryl methyl sites for hydroxylation is 1. The number of rotatable bonds is 7. The largest absolute Gasteiger partial charge is 0.496 e. The number of hydrogen-bond donors (Lipinski definition) is 2. The van der Waals surface area contributed by atoms with Gasteiger partial charge in [-0.15, -0.1) is 0 Å². The van der Waals surface area contributed by atoms with Gasteiger partial charge in [0.1, 0.15) is 5.75 Å². The first-order valence-corrected chi connectivity index (χ1v) is 6.99. The first kappa shape index (κ1) is 16.5. The lowest BCUT2D eigenvalue weighted by atomic mass is 9.94. The first-order chi connectivity index (χ1) is 9.44. The fourth-order valence-corrected chi connectivity index (χ4v) is 2.17. The molecule has 1 rings (SSSR count). The summed E-state index contributed by atoms with van der Waals surface area (Å²) in [6.45, 7) is 6.01. The van der Waals surface area contributed by atoms with Crippen molar-refractivity contribution in [2.45, 2.75) is 45.6 Å². The van der Waals surface area contributed by atoms with Crippen LogP contribution < -0.4 is 10.1 Å². The van der Waals surface area contributed by atoms with Crippen molar-refractivity contribution in [3.63, 3.8) is 0 Å². The van der Waals surface area contributed by atoms with Crippen molar-refractivity contribution in [3.8, 4) is 5.75 Å². The zero-order valence-electron chi connectivity index (χ0n) is 12.8. The predicted octanol–water partition coefficient (Wildman–Crippen LogP) is 2.21. The summed E-state index contributed by atoms with van der Waals surface area (Å²) in [6, 6.07) is 5.81. The number of ether oxygens (including phenoxy) is 1. The van der Waals surface area contributed by atoms with Crippen LogP contribution in [-0.2, 0) is 11.2 Å². The summed E-state index contributed by atoms with van der Waals surface area (Å²) in [4.78, 5) is 12.2. The molecule has 1 aromatic carbocycles. The monoisotopic (exact) mass is 279 g/mol. The van der Waals surface area contributed by atoms with E-state index in [9.17, 15) is 4.79 Å². The lowest BCUT2D eigenvalue weighted by Gasteiger charge is -2.29. The van der Waals surface area contributed by atoms with Crippen LogP contribution in [0.1, 0.15) is 37.8 Å². The predicted molar refractivity (Wildman–Crippen MR) is 80.0 cm³/mol. The maximum absolute atomic E-state index is 12.2. The molecule has 0 saturated carbocycles. The summed E-state index contributed by atoms with van der Waals surface area (Å²) in [5.74, 6) is 0.679. The van der Waals surface area contributed by atoms with Crippen molar-refractivity contribution in [2.24, 2.45) is 0 Å². The van der Waals surface area contributed by atoms with Crippen molar-refractivity contribution in [1.29, 1.82) is 0 Å². The molecule has 0 aliphatic rings. The third kappa shape index (κ3) is 4.53. The maximum Gasteiger partial charge on any atom is 0.224 e. The summed E-state index contributed by atoms with van der Waals surface area (Å²) in [7, 11) is 1.61. The fourth-order valence-electron chi connectivity index (χ4n) is 2.17. The van der Waals surface area contributed by atoms with Crippen molar-refractivity contribution in [3.05, 3.63) is 29.3 Å². The Balaban J connectivity index is 2.78. The molecule has 112 valence electrons. The Labute approximate surface area is 121 Å². The quantitative estimate of drug-likeness (QED) is 0.804. The zero-order valence-corrected chi connectivity index (χ0v) is 12.8. The van der Waals surface area contributed by atoms with Gasteiger partial charge < -0.3 is 15.2 Å². The van der Waals surface area contributed by atoms with E-state index in [0.717, 1.165) is 23.3 Å². The summed E-state index contributed by atoms with van der Waals surface area (Å²) in [6.07, 6.45) is 1.62. The lowest BCUT2D eigenvalue weighted by Crippen LogP contribution is -2.46. The molecular weight excluding hydrogens is 254 g/mol. The Hall–Kier alpha value is -1.55. The fraction of sp³-hybridized carbons (Fsp3) is 0.562. The Morgan fingerprint density at radius 3 is 2.70 bits per heavy atom. The molecule has 0 aromatic heterocycles. The molecule has 1 aromatic rings. The number of amides is 1. The Kier molecular flexibility index (Phi) is 6.02. The van der Waals surface area contributed by atoms with E-state index in [1.54, 1.807) is 7.11 Å². The molecule has 1 atom stereocenters. The van der Waals surface area contributed by atoms with Gasteiger partial charge >= 0.3 is 0 Å². The molecule has 0 spiro atoms. The molecule has 0 aliphatic heterocycles. The Bertz CT molecular complexity index is 459. The van der Waals surface area contributed by atoms with Gasteiger partial charge in [-0.25, -0.2) is 0 Å². The van der Waals surface area contributed by atoms with Gasteiger partial charge in [-0.2, -0.15) is 0 Å². The number of nitrogens with one attached hydrogen (secondary N) is 1. The van der Waals surface area contributed by atoms with Crippen molar-refractivity contribution in [2.75, 3.05) is 13.7 Å². The topological polar surface area (TPSA) is 58.6 Å². The van der Waals surface area contributed by atoms with Crippen molar-refractivity contribution in [1.82, 2.24) is 5.32 Å². The van der Waals surface area contributed by atoms with Gasteiger partial charge in [0.25, 0.3) is 0 Å². The van der Waals surface area contributed by atoms with Crippen LogP contribution in [0.5, 0.6) is 5.75 Å². The zero-order chi connectivity index (χ0) is 15.2. The van der Waals surface area contributed by atoms with Crippen LogP contribution in [-0.4, -0.2) is 30.3 Å². The highest BCUT2D eigenvalue weighted by Crippen LogP contribution is 2.21. The van der Waals surface area contributed by atoms with Crippen LogP contribution in [0.4, 0.5) is 0 Å². The van der Waals surface area contributed by atoms with Gasteiger partial charge in [0.05, 0.1) is 13.5 Å². The van der Waals surface area contributed by atoms with Crippen LogP contribution in [0.3, 0.4) is 0 Å². The highest BCUT2D eigenvalue weighted by Gasteiger charge is 2.24.